The van der Waals surface area contributed by atoms with Crippen molar-refractivity contribution >= 4 is 63.2 Å². The van der Waals surface area contributed by atoms with Crippen LogP contribution in [0.1, 0.15) is 11.1 Å². The minimum absolute atomic E-state index is 0.0440. The summed E-state index contributed by atoms with van der Waals surface area (Å²) < 4.78 is 0. The van der Waals surface area contributed by atoms with Gasteiger partial charge in [0.1, 0.15) is 5.04 Å². The summed E-state index contributed by atoms with van der Waals surface area (Å²) in [5, 5.41) is 16.3. The van der Waals surface area contributed by atoms with Gasteiger partial charge in [-0.3, -0.25) is 10.2 Å². The van der Waals surface area contributed by atoms with Gasteiger partial charge in [-0.1, -0.05) is 35.9 Å². The maximum absolute atomic E-state index is 12.5. The minimum Gasteiger partial charge on any atom is -0.282 e. The molecule has 0 unspecified atom stereocenters. The molecule has 5 nitrogen and oxygen atoms in total. The number of benzene rings is 2. The maximum atomic E-state index is 12.5. The van der Waals surface area contributed by atoms with Crippen LogP contribution in [0.3, 0.4) is 0 Å². The number of nitrogens with zero attached hydrogens (tertiary/aromatic N) is 3. The van der Waals surface area contributed by atoms with Crippen molar-refractivity contribution in [3.8, 4) is 0 Å². The van der Waals surface area contributed by atoms with Crippen LogP contribution in [0.25, 0.3) is 6.08 Å². The fourth-order valence-corrected chi connectivity index (χ4v) is 4.20. The number of halogens is 1. The minimum atomic E-state index is -0.416. The Morgan fingerprint density at radius 2 is 1.89 bits per heavy atom. The first kappa shape index (κ1) is 19.0. The van der Waals surface area contributed by atoms with E-state index in [0.717, 1.165) is 21.1 Å². The fraction of sp³-hybridized carbons (Fsp3) is 0.100. The highest BCUT2D eigenvalue weighted by atomic mass is 35.5. The highest BCUT2D eigenvalue weighted by Gasteiger charge is 2.35. The number of nitrogens with one attached hydrogen (secondary N) is 1. The zero-order valence-corrected chi connectivity index (χ0v) is 17.2. The largest absolute Gasteiger partial charge is 0.283 e. The summed E-state index contributed by atoms with van der Waals surface area (Å²) in [5.74, 6) is -0.372. The molecule has 0 saturated heterocycles. The number of hydrogen-bond donors (Lipinski definition) is 1. The smallest absolute Gasteiger partial charge is 0.282 e. The van der Waals surface area contributed by atoms with Gasteiger partial charge in [0.15, 0.2) is 5.84 Å². The number of carbonyl (C=O) groups is 1. The van der Waals surface area contributed by atoms with Crippen LogP contribution in [-0.4, -0.2) is 33.2 Å². The van der Waals surface area contributed by atoms with Gasteiger partial charge in [-0.05, 0) is 59.5 Å². The van der Waals surface area contributed by atoms with E-state index in [9.17, 15) is 4.79 Å². The molecule has 0 spiro atoms. The fourth-order valence-electron chi connectivity index (χ4n) is 2.75. The summed E-state index contributed by atoms with van der Waals surface area (Å²) in [4.78, 5) is 17.7. The Morgan fingerprint density at radius 1 is 1.18 bits per heavy atom. The summed E-state index contributed by atoms with van der Waals surface area (Å²) in [7, 11) is 0. The Kier molecular flexibility index (Phi) is 5.39. The van der Waals surface area contributed by atoms with Gasteiger partial charge in [0.25, 0.3) is 5.91 Å². The summed E-state index contributed by atoms with van der Waals surface area (Å²) in [6.45, 7) is 0. The third-order valence-corrected chi connectivity index (χ3v) is 6.10. The van der Waals surface area contributed by atoms with Crippen molar-refractivity contribution in [3.05, 3.63) is 70.3 Å². The molecular weight excluding hydrogens is 412 g/mol. The molecule has 28 heavy (non-hydrogen) atoms. The van der Waals surface area contributed by atoms with Gasteiger partial charge in [0, 0.05) is 16.3 Å². The Morgan fingerprint density at radius 3 is 2.57 bits per heavy atom. The van der Waals surface area contributed by atoms with Crippen LogP contribution < -0.4 is 0 Å². The number of rotatable bonds is 4. The molecule has 2 heterocycles. The molecule has 0 radical (unpaired) electrons. The average molecular weight is 427 g/mol. The number of hydrogen-bond acceptors (Lipinski definition) is 5. The van der Waals surface area contributed by atoms with Gasteiger partial charge in [0.05, 0.1) is 5.57 Å². The van der Waals surface area contributed by atoms with Crippen molar-refractivity contribution in [2.45, 2.75) is 11.3 Å². The lowest BCUT2D eigenvalue weighted by Gasteiger charge is -2.20. The first-order chi connectivity index (χ1) is 13.5. The van der Waals surface area contributed by atoms with Crippen LogP contribution in [0.2, 0.25) is 5.02 Å². The topological polar surface area (TPSA) is 68.9 Å². The molecule has 0 bridgehead atoms. The van der Waals surface area contributed by atoms with E-state index in [4.69, 9.17) is 17.0 Å². The van der Waals surface area contributed by atoms with Crippen molar-refractivity contribution in [1.29, 1.82) is 5.41 Å². The maximum Gasteiger partial charge on any atom is 0.283 e. The average Bonchev–Trinajstić information content (AvgIpc) is 3.10. The lowest BCUT2D eigenvalue weighted by atomic mass is 10.1. The standard InChI is InChI=1S/C20H15ClN4OS2/c1-27-15-8-4-12(5-9-15)10-16-18(22)25-20(23-19(16)26)28-17(24-25)11-13-2-6-14(21)7-3-13/h2-10,22H,11H2,1H3. The number of hydrazone groups is 1. The highest BCUT2D eigenvalue weighted by molar-refractivity contribution is 8.26. The van der Waals surface area contributed by atoms with Gasteiger partial charge in [-0.2, -0.15) is 15.1 Å². The van der Waals surface area contributed by atoms with Crippen molar-refractivity contribution in [2.24, 2.45) is 10.1 Å². The molecule has 2 aliphatic heterocycles. The predicted octanol–water partition coefficient (Wildman–Crippen LogP) is 4.92. The van der Waals surface area contributed by atoms with Crippen LogP contribution in [0.4, 0.5) is 0 Å². The van der Waals surface area contributed by atoms with E-state index in [1.165, 1.54) is 16.8 Å². The van der Waals surface area contributed by atoms with Crippen LogP contribution in [0.15, 0.2) is 69.1 Å². The first-order valence-corrected chi connectivity index (χ1v) is 10.8. The van der Waals surface area contributed by atoms with Crippen molar-refractivity contribution in [1.82, 2.24) is 5.01 Å². The van der Waals surface area contributed by atoms with E-state index in [-0.39, 0.29) is 11.4 Å². The van der Waals surface area contributed by atoms with Crippen LogP contribution in [-0.2, 0) is 11.2 Å². The Labute approximate surface area is 176 Å². The van der Waals surface area contributed by atoms with E-state index >= 15 is 0 Å². The molecule has 0 saturated carbocycles. The van der Waals surface area contributed by atoms with E-state index < -0.39 is 5.91 Å². The number of amidine groups is 2. The number of carbonyl (C=O) groups excluding carboxylic acids is 1. The van der Waals surface area contributed by atoms with E-state index in [0.29, 0.717) is 16.6 Å². The summed E-state index contributed by atoms with van der Waals surface area (Å²) >= 11 is 8.89. The molecule has 4 rings (SSSR count). The zero-order chi connectivity index (χ0) is 19.7. The lowest BCUT2D eigenvalue weighted by molar-refractivity contribution is -0.114. The van der Waals surface area contributed by atoms with E-state index in [1.54, 1.807) is 17.8 Å². The SMILES string of the molecule is CSc1ccc(C=C2C(=N)N3N=C(Cc4ccc(Cl)cc4)SC3=NC2=O)cc1. The summed E-state index contributed by atoms with van der Waals surface area (Å²) in [6.07, 6.45) is 4.29. The molecular formula is C20H15ClN4OS2. The summed E-state index contributed by atoms with van der Waals surface area (Å²) in [6, 6.07) is 15.3. The molecule has 2 aliphatic rings. The first-order valence-electron chi connectivity index (χ1n) is 8.41. The van der Waals surface area contributed by atoms with Gasteiger partial charge in [-0.15, -0.1) is 11.8 Å². The molecule has 1 amide bonds. The third kappa shape index (κ3) is 3.92. The molecule has 8 heteroatoms. The molecule has 0 aliphatic carbocycles. The molecule has 1 N–H and O–H groups in total. The second-order valence-electron chi connectivity index (χ2n) is 6.09. The predicted molar refractivity (Wildman–Crippen MR) is 118 cm³/mol. The molecule has 0 aromatic heterocycles. The van der Waals surface area contributed by atoms with Crippen LogP contribution in [0.5, 0.6) is 0 Å². The molecule has 0 atom stereocenters. The molecule has 2 aromatic carbocycles. The van der Waals surface area contributed by atoms with Crippen molar-refractivity contribution in [2.75, 3.05) is 6.26 Å². The third-order valence-electron chi connectivity index (χ3n) is 4.19. The number of thioether (sulfide) groups is 2. The quantitative estimate of drug-likeness (QED) is 0.556. The normalized spacial score (nSPS) is 17.6. The molecule has 0 fully saturated rings. The second kappa shape index (κ2) is 7.95. The van der Waals surface area contributed by atoms with E-state index in [2.05, 4.69) is 10.1 Å². The van der Waals surface area contributed by atoms with Crippen LogP contribution in [0, 0.1) is 5.41 Å². The lowest BCUT2D eigenvalue weighted by Crippen LogP contribution is -2.35. The number of aliphatic imine (C=N–C) groups is 1. The molecule has 2 aromatic rings. The van der Waals surface area contributed by atoms with Gasteiger partial charge < -0.3 is 0 Å². The van der Waals surface area contributed by atoms with E-state index in [1.807, 2.05) is 54.8 Å². The van der Waals surface area contributed by atoms with Gasteiger partial charge in [0.2, 0.25) is 5.17 Å². The zero-order valence-electron chi connectivity index (χ0n) is 14.8. The van der Waals surface area contributed by atoms with Gasteiger partial charge in [-0.25, -0.2) is 0 Å². The van der Waals surface area contributed by atoms with Crippen LogP contribution >= 0.6 is 35.1 Å². The second-order valence-corrected chi connectivity index (χ2v) is 8.45. The molecule has 140 valence electrons. The van der Waals surface area contributed by atoms with Gasteiger partial charge >= 0.3 is 0 Å². The Hall–Kier alpha value is -2.35. The van der Waals surface area contributed by atoms with Crippen molar-refractivity contribution in [3.63, 3.8) is 0 Å². The van der Waals surface area contributed by atoms with Crippen molar-refractivity contribution < 1.29 is 4.79 Å². The number of amides is 1. The monoisotopic (exact) mass is 426 g/mol. The highest BCUT2D eigenvalue weighted by Crippen LogP contribution is 2.30. The number of fused-ring (bicyclic) bond motifs is 1. The Bertz CT molecular complexity index is 1040. The Balaban J connectivity index is 1.57. The summed E-state index contributed by atoms with van der Waals surface area (Å²) in [5.41, 5.74) is 2.14.